The van der Waals surface area contributed by atoms with Gasteiger partial charge in [-0.05, 0) is 36.8 Å². The Balaban J connectivity index is 1.79. The van der Waals surface area contributed by atoms with E-state index in [9.17, 15) is 22.9 Å². The molecule has 1 aliphatic rings. The van der Waals surface area contributed by atoms with Gasteiger partial charge in [-0.25, -0.2) is 12.8 Å². The number of hydrogen-bond donors (Lipinski definition) is 0. The third-order valence-electron chi connectivity index (χ3n) is 4.43. The smallest absolute Gasteiger partial charge is 0.270 e. The van der Waals surface area contributed by atoms with Crippen molar-refractivity contribution in [2.45, 2.75) is 11.8 Å². The highest BCUT2D eigenvalue weighted by Gasteiger charge is 2.30. The Labute approximate surface area is 150 Å². The molecule has 0 unspecified atom stereocenters. The Morgan fingerprint density at radius 3 is 2.23 bits per heavy atom. The Bertz CT molecular complexity index is 924. The minimum atomic E-state index is -3.82. The monoisotopic (exact) mass is 379 g/mol. The van der Waals surface area contributed by atoms with Gasteiger partial charge >= 0.3 is 0 Å². The summed E-state index contributed by atoms with van der Waals surface area (Å²) < 4.78 is 40.2. The lowest BCUT2D eigenvalue weighted by Crippen LogP contribution is -2.48. The molecule has 0 bridgehead atoms. The van der Waals surface area contributed by atoms with Crippen LogP contribution in [0.25, 0.3) is 0 Å². The highest BCUT2D eigenvalue weighted by molar-refractivity contribution is 7.89. The molecule has 26 heavy (non-hydrogen) atoms. The van der Waals surface area contributed by atoms with E-state index >= 15 is 0 Å². The first kappa shape index (κ1) is 18.3. The number of rotatable bonds is 4. The Kier molecular flexibility index (Phi) is 4.92. The van der Waals surface area contributed by atoms with E-state index in [1.807, 2.05) is 4.90 Å². The van der Waals surface area contributed by atoms with Gasteiger partial charge in [0.25, 0.3) is 5.69 Å². The van der Waals surface area contributed by atoms with E-state index in [4.69, 9.17) is 0 Å². The Morgan fingerprint density at radius 2 is 1.65 bits per heavy atom. The second-order valence-corrected chi connectivity index (χ2v) is 7.98. The van der Waals surface area contributed by atoms with Crippen molar-refractivity contribution < 1.29 is 17.7 Å². The molecule has 0 N–H and O–H groups in total. The first-order valence-electron chi connectivity index (χ1n) is 8.05. The van der Waals surface area contributed by atoms with Crippen molar-refractivity contribution in [3.8, 4) is 0 Å². The molecule has 1 fully saturated rings. The maximum Gasteiger partial charge on any atom is 0.270 e. The molecule has 138 valence electrons. The van der Waals surface area contributed by atoms with Gasteiger partial charge in [-0.2, -0.15) is 4.31 Å². The number of halogens is 1. The van der Waals surface area contributed by atoms with Crippen molar-refractivity contribution in [3.63, 3.8) is 0 Å². The van der Waals surface area contributed by atoms with Gasteiger partial charge in [-0.3, -0.25) is 10.1 Å². The number of hydrogen-bond acceptors (Lipinski definition) is 5. The number of nitrogens with zero attached hydrogens (tertiary/aromatic N) is 3. The molecule has 9 heteroatoms. The average Bonchev–Trinajstić information content (AvgIpc) is 2.62. The van der Waals surface area contributed by atoms with Crippen LogP contribution in [-0.2, 0) is 10.0 Å². The van der Waals surface area contributed by atoms with E-state index in [0.717, 1.165) is 11.8 Å². The van der Waals surface area contributed by atoms with Gasteiger partial charge in [0.2, 0.25) is 10.0 Å². The molecular weight excluding hydrogens is 361 g/mol. The van der Waals surface area contributed by atoms with Crippen LogP contribution in [0, 0.1) is 22.9 Å². The molecule has 3 rings (SSSR count). The van der Waals surface area contributed by atoms with Crippen LogP contribution < -0.4 is 4.90 Å². The van der Waals surface area contributed by atoms with Crippen LogP contribution in [0.1, 0.15) is 5.56 Å². The summed E-state index contributed by atoms with van der Waals surface area (Å²) in [4.78, 5) is 12.3. The zero-order valence-electron chi connectivity index (χ0n) is 14.1. The standard InChI is InChI=1S/C17H18FN3O4S/c1-13-2-5-16(21(22)23)12-17(13)26(24,25)20-10-8-19(9-11-20)15-6-3-14(18)4-7-15/h2-7,12H,8-11H2,1H3. The quantitative estimate of drug-likeness (QED) is 0.602. The maximum absolute atomic E-state index is 13.0. The normalized spacial score (nSPS) is 15.8. The van der Waals surface area contributed by atoms with Crippen LogP contribution in [0.2, 0.25) is 0 Å². The van der Waals surface area contributed by atoms with Crippen molar-refractivity contribution >= 4 is 21.4 Å². The Hall–Kier alpha value is -2.52. The number of benzene rings is 2. The molecule has 1 heterocycles. The third-order valence-corrected chi connectivity index (χ3v) is 6.47. The van der Waals surface area contributed by atoms with Crippen LogP contribution in [0.5, 0.6) is 0 Å². The highest BCUT2D eigenvalue weighted by atomic mass is 32.2. The van der Waals surface area contributed by atoms with Crippen LogP contribution >= 0.6 is 0 Å². The second-order valence-electron chi connectivity index (χ2n) is 6.07. The fourth-order valence-electron chi connectivity index (χ4n) is 2.96. The number of non-ortho nitro benzene ring substituents is 1. The van der Waals surface area contributed by atoms with Gasteiger partial charge in [0.05, 0.1) is 9.82 Å². The molecule has 0 saturated carbocycles. The van der Waals surface area contributed by atoms with Crippen molar-refractivity contribution in [2.24, 2.45) is 0 Å². The fourth-order valence-corrected chi connectivity index (χ4v) is 4.62. The topological polar surface area (TPSA) is 83.8 Å². The molecule has 1 aliphatic heterocycles. The molecular formula is C17H18FN3O4S. The summed E-state index contributed by atoms with van der Waals surface area (Å²) in [5.41, 5.74) is 1.05. The number of piperazine rings is 1. The number of anilines is 1. The molecule has 0 spiro atoms. The van der Waals surface area contributed by atoms with E-state index in [2.05, 4.69) is 0 Å². The SMILES string of the molecule is Cc1ccc([N+](=O)[O-])cc1S(=O)(=O)N1CCN(c2ccc(F)cc2)CC1. The van der Waals surface area contributed by atoms with Crippen molar-refractivity contribution in [3.05, 3.63) is 64.0 Å². The second kappa shape index (κ2) is 7.00. The van der Waals surface area contributed by atoms with Gasteiger partial charge in [0.15, 0.2) is 0 Å². The van der Waals surface area contributed by atoms with Gasteiger partial charge in [0.1, 0.15) is 5.82 Å². The summed E-state index contributed by atoms with van der Waals surface area (Å²) in [6.07, 6.45) is 0. The van der Waals surface area contributed by atoms with Crippen molar-refractivity contribution in [2.75, 3.05) is 31.1 Å². The lowest BCUT2D eigenvalue weighted by atomic mass is 10.2. The van der Waals surface area contributed by atoms with E-state index in [-0.39, 0.29) is 29.5 Å². The zero-order chi connectivity index (χ0) is 18.9. The summed E-state index contributed by atoms with van der Waals surface area (Å²) >= 11 is 0. The minimum Gasteiger partial charge on any atom is -0.369 e. The van der Waals surface area contributed by atoms with Gasteiger partial charge in [0, 0.05) is 44.0 Å². The highest BCUT2D eigenvalue weighted by Crippen LogP contribution is 2.26. The summed E-state index contributed by atoms with van der Waals surface area (Å²) in [6.45, 7) is 3.03. The molecule has 1 saturated heterocycles. The summed E-state index contributed by atoms with van der Waals surface area (Å²) in [6, 6.07) is 9.89. The molecule has 7 nitrogen and oxygen atoms in total. The maximum atomic E-state index is 13.0. The fraction of sp³-hybridized carbons (Fsp3) is 0.294. The lowest BCUT2D eigenvalue weighted by Gasteiger charge is -2.35. The van der Waals surface area contributed by atoms with E-state index in [1.54, 1.807) is 19.1 Å². The van der Waals surface area contributed by atoms with E-state index in [0.29, 0.717) is 18.7 Å². The minimum absolute atomic E-state index is 0.0399. The third kappa shape index (κ3) is 3.54. The Morgan fingerprint density at radius 1 is 1.04 bits per heavy atom. The molecule has 0 atom stereocenters. The zero-order valence-corrected chi connectivity index (χ0v) is 14.9. The predicted molar refractivity (Wildman–Crippen MR) is 95.2 cm³/mol. The number of sulfonamides is 1. The summed E-state index contributed by atoms with van der Waals surface area (Å²) in [5.74, 6) is -0.323. The summed E-state index contributed by atoms with van der Waals surface area (Å²) in [7, 11) is -3.82. The molecule has 0 amide bonds. The van der Waals surface area contributed by atoms with Gasteiger partial charge in [-0.1, -0.05) is 6.07 Å². The summed E-state index contributed by atoms with van der Waals surface area (Å²) in [5, 5.41) is 11.0. The molecule has 2 aromatic carbocycles. The molecule has 0 radical (unpaired) electrons. The van der Waals surface area contributed by atoms with Crippen molar-refractivity contribution in [1.29, 1.82) is 0 Å². The van der Waals surface area contributed by atoms with Gasteiger partial charge in [-0.15, -0.1) is 0 Å². The molecule has 0 aliphatic carbocycles. The van der Waals surface area contributed by atoms with Crippen LogP contribution in [0.15, 0.2) is 47.4 Å². The largest absolute Gasteiger partial charge is 0.369 e. The van der Waals surface area contributed by atoms with Crippen LogP contribution in [0.3, 0.4) is 0 Å². The van der Waals surface area contributed by atoms with Crippen molar-refractivity contribution in [1.82, 2.24) is 4.31 Å². The van der Waals surface area contributed by atoms with E-state index in [1.165, 1.54) is 28.6 Å². The number of nitro groups is 1. The van der Waals surface area contributed by atoms with E-state index < -0.39 is 14.9 Å². The molecule has 2 aromatic rings. The van der Waals surface area contributed by atoms with Gasteiger partial charge < -0.3 is 4.90 Å². The first-order chi connectivity index (χ1) is 12.3. The van der Waals surface area contributed by atoms with Crippen LogP contribution in [0.4, 0.5) is 15.8 Å². The molecule has 0 aromatic heterocycles. The predicted octanol–water partition coefficient (Wildman–Crippen LogP) is 2.55. The first-order valence-corrected chi connectivity index (χ1v) is 9.49. The number of aryl methyl sites for hydroxylation is 1. The van der Waals surface area contributed by atoms with Crippen LogP contribution in [-0.4, -0.2) is 43.8 Å². The number of nitro benzene ring substituents is 1. The lowest BCUT2D eigenvalue weighted by molar-refractivity contribution is -0.385. The average molecular weight is 379 g/mol.